The van der Waals surface area contributed by atoms with Gasteiger partial charge in [0.15, 0.2) is 0 Å². The van der Waals surface area contributed by atoms with E-state index in [2.05, 4.69) is 20.3 Å². The molecule has 5 aromatic rings. The number of imidazole rings is 1. The van der Waals surface area contributed by atoms with Crippen LogP contribution in [0.3, 0.4) is 0 Å². The molecule has 0 saturated heterocycles. The van der Waals surface area contributed by atoms with E-state index in [-0.39, 0.29) is 29.0 Å². The van der Waals surface area contributed by atoms with Crippen LogP contribution >= 0.6 is 0 Å². The highest BCUT2D eigenvalue weighted by Crippen LogP contribution is 2.31. The molecule has 2 aromatic heterocycles. The summed E-state index contributed by atoms with van der Waals surface area (Å²) >= 11 is 0. The van der Waals surface area contributed by atoms with E-state index in [1.165, 1.54) is 22.8 Å². The normalized spacial score (nSPS) is 11.0. The van der Waals surface area contributed by atoms with E-state index < -0.39 is 17.4 Å². The fourth-order valence-electron chi connectivity index (χ4n) is 4.08. The molecule has 0 aliphatic heterocycles. The van der Waals surface area contributed by atoms with Crippen molar-refractivity contribution in [3.63, 3.8) is 0 Å². The number of para-hydroxylation sites is 1. The molecular formula is C23H14N6O7. The Morgan fingerprint density at radius 3 is 2.25 bits per heavy atom. The Hall–Kier alpha value is -5.46. The fraction of sp³-hybridized carbons (Fsp3) is 0.0435. The second-order valence-corrected chi connectivity index (χ2v) is 7.65. The third kappa shape index (κ3) is 3.51. The van der Waals surface area contributed by atoms with E-state index in [0.29, 0.717) is 31.6 Å². The van der Waals surface area contributed by atoms with Gasteiger partial charge in [0.05, 0.1) is 33.7 Å². The number of fused-ring (bicyclic) bond motifs is 1. The molecule has 0 bridgehead atoms. The summed E-state index contributed by atoms with van der Waals surface area (Å²) in [6.07, 6.45) is 0. The Bertz CT molecular complexity index is 1780. The molecule has 3 aromatic carbocycles. The Labute approximate surface area is 199 Å². The maximum Gasteiger partial charge on any atom is 0.465 e. The number of carboxylic acids is 1. The Kier molecular flexibility index (Phi) is 5.41. The molecule has 0 unspecified atom stereocenters. The third-order valence-electron chi connectivity index (χ3n) is 5.68. The smallest absolute Gasteiger partial charge is 0.465 e. The fourth-order valence-corrected chi connectivity index (χ4v) is 4.08. The van der Waals surface area contributed by atoms with Crippen molar-refractivity contribution < 1.29 is 14.4 Å². The first-order valence-electron chi connectivity index (χ1n) is 10.4. The maximum atomic E-state index is 12.8. The van der Waals surface area contributed by atoms with Gasteiger partial charge in [-0.15, -0.1) is 19.2 Å². The number of carboxylic acid groups (broad SMARTS) is 1. The van der Waals surface area contributed by atoms with Gasteiger partial charge >= 0.3 is 17.4 Å². The van der Waals surface area contributed by atoms with Crippen LogP contribution in [0.4, 0.5) is 0 Å². The Balaban J connectivity index is 1.57. The minimum absolute atomic E-state index is 0.0258. The largest absolute Gasteiger partial charge is 0.478 e. The van der Waals surface area contributed by atoms with E-state index in [1.807, 2.05) is 0 Å². The zero-order valence-corrected chi connectivity index (χ0v) is 18.1. The van der Waals surface area contributed by atoms with Crippen molar-refractivity contribution in [1.29, 1.82) is 0 Å². The SMILES string of the molecule is O=Nn1c(-c2ccccc2-c2ccc(Cn3c(=O)n(N=O)c4cccc(C(=O)O)c43)cc2)noc1=O. The van der Waals surface area contributed by atoms with Crippen LogP contribution in [0.15, 0.2) is 91.4 Å². The summed E-state index contributed by atoms with van der Waals surface area (Å²) in [6.45, 7) is -0.0258. The first kappa shape index (κ1) is 22.3. The predicted octanol–water partition coefficient (Wildman–Crippen LogP) is 3.09. The summed E-state index contributed by atoms with van der Waals surface area (Å²) in [5.41, 5.74) is 1.64. The minimum atomic E-state index is -1.25. The molecule has 13 heteroatoms. The average Bonchev–Trinajstić information content (AvgIpc) is 3.40. The number of carbonyl (C=O) groups is 1. The minimum Gasteiger partial charge on any atom is -0.478 e. The molecule has 0 spiro atoms. The molecule has 0 saturated carbocycles. The highest BCUT2D eigenvalue weighted by molar-refractivity contribution is 6.01. The monoisotopic (exact) mass is 486 g/mol. The lowest BCUT2D eigenvalue weighted by Gasteiger charge is -2.10. The lowest BCUT2D eigenvalue weighted by atomic mass is 9.98. The lowest BCUT2D eigenvalue weighted by molar-refractivity contribution is 0.0698. The van der Waals surface area contributed by atoms with Crippen molar-refractivity contribution in [2.75, 3.05) is 0 Å². The zero-order valence-electron chi connectivity index (χ0n) is 18.1. The number of rotatable bonds is 7. The molecule has 5 rings (SSSR count). The number of benzene rings is 3. The number of aromatic carboxylic acids is 1. The van der Waals surface area contributed by atoms with E-state index in [4.69, 9.17) is 0 Å². The molecule has 0 aliphatic carbocycles. The quantitative estimate of drug-likeness (QED) is 0.342. The summed E-state index contributed by atoms with van der Waals surface area (Å²) in [7, 11) is 0. The zero-order chi connectivity index (χ0) is 25.4. The third-order valence-corrected chi connectivity index (χ3v) is 5.68. The van der Waals surface area contributed by atoms with Crippen LogP contribution in [0.2, 0.25) is 0 Å². The van der Waals surface area contributed by atoms with Gasteiger partial charge in [0.1, 0.15) is 0 Å². The van der Waals surface area contributed by atoms with Gasteiger partial charge < -0.3 is 5.11 Å². The molecule has 0 atom stereocenters. The molecular weight excluding hydrogens is 472 g/mol. The predicted molar refractivity (Wildman–Crippen MR) is 126 cm³/mol. The van der Waals surface area contributed by atoms with Crippen LogP contribution in [0.1, 0.15) is 15.9 Å². The summed E-state index contributed by atoms with van der Waals surface area (Å²) in [4.78, 5) is 58.6. The van der Waals surface area contributed by atoms with Gasteiger partial charge in [0.2, 0.25) is 5.82 Å². The van der Waals surface area contributed by atoms with Crippen molar-refractivity contribution in [2.24, 2.45) is 10.6 Å². The highest BCUT2D eigenvalue weighted by Gasteiger charge is 2.21. The Morgan fingerprint density at radius 1 is 0.889 bits per heavy atom. The van der Waals surface area contributed by atoms with Crippen LogP contribution < -0.4 is 11.4 Å². The van der Waals surface area contributed by atoms with E-state index >= 15 is 0 Å². The van der Waals surface area contributed by atoms with Crippen molar-refractivity contribution in [2.45, 2.75) is 6.54 Å². The summed E-state index contributed by atoms with van der Waals surface area (Å²) in [6, 6.07) is 18.0. The van der Waals surface area contributed by atoms with Crippen LogP contribution in [0, 0.1) is 9.81 Å². The van der Waals surface area contributed by atoms with E-state index in [0.717, 1.165) is 0 Å². The molecule has 13 nitrogen and oxygen atoms in total. The molecule has 1 N–H and O–H groups in total. The van der Waals surface area contributed by atoms with Gasteiger partial charge in [0, 0.05) is 5.56 Å². The van der Waals surface area contributed by atoms with Crippen LogP contribution in [-0.2, 0) is 6.54 Å². The van der Waals surface area contributed by atoms with Crippen LogP contribution in [0.25, 0.3) is 33.5 Å². The molecule has 0 fully saturated rings. The van der Waals surface area contributed by atoms with E-state index in [9.17, 15) is 29.3 Å². The van der Waals surface area contributed by atoms with E-state index in [1.54, 1.807) is 48.5 Å². The highest BCUT2D eigenvalue weighted by atomic mass is 16.5. The number of hydrogen-bond donors (Lipinski definition) is 1. The Morgan fingerprint density at radius 2 is 1.58 bits per heavy atom. The number of nitroso groups, excluding NO2 is 2. The molecule has 0 aliphatic rings. The summed E-state index contributed by atoms with van der Waals surface area (Å²) in [5.74, 6) is -2.32. The summed E-state index contributed by atoms with van der Waals surface area (Å²) < 4.78 is 6.86. The lowest BCUT2D eigenvalue weighted by Crippen LogP contribution is -2.22. The second kappa shape index (κ2) is 8.72. The maximum absolute atomic E-state index is 12.8. The van der Waals surface area contributed by atoms with Crippen molar-refractivity contribution >= 4 is 17.0 Å². The summed E-state index contributed by atoms with van der Waals surface area (Å²) in [5, 5.41) is 18.6. The topological polar surface area (TPSA) is 171 Å². The molecule has 36 heavy (non-hydrogen) atoms. The van der Waals surface area contributed by atoms with Gasteiger partial charge in [-0.05, 0) is 28.8 Å². The van der Waals surface area contributed by atoms with Gasteiger partial charge in [-0.25, -0.2) is 14.4 Å². The first-order valence-corrected chi connectivity index (χ1v) is 10.4. The molecule has 0 amide bonds. The van der Waals surface area contributed by atoms with Gasteiger partial charge in [-0.3, -0.25) is 9.09 Å². The standard InChI is InChI=1S/C23H14N6O7/c30-21(31)17-6-3-7-18-19(17)27(22(32)28(18)25-34)12-13-8-10-14(11-9-13)15-4-1-2-5-16(15)20-24-36-23(33)29(20)26-35/h1-11H,12H2,(H,30,31). The average molecular weight is 486 g/mol. The number of aromatic nitrogens is 4. The van der Waals surface area contributed by atoms with Crippen molar-refractivity contribution in [3.05, 3.63) is 109 Å². The van der Waals surface area contributed by atoms with Crippen LogP contribution in [0.5, 0.6) is 0 Å². The van der Waals surface area contributed by atoms with Gasteiger partial charge in [-0.1, -0.05) is 59.8 Å². The van der Waals surface area contributed by atoms with Crippen molar-refractivity contribution in [3.8, 4) is 22.5 Å². The molecule has 178 valence electrons. The first-order chi connectivity index (χ1) is 17.4. The van der Waals surface area contributed by atoms with Crippen LogP contribution in [-0.4, -0.2) is 30.2 Å². The number of hydrogen-bond acceptors (Lipinski definition) is 9. The van der Waals surface area contributed by atoms with Crippen molar-refractivity contribution in [1.82, 2.24) is 19.1 Å². The second-order valence-electron chi connectivity index (χ2n) is 7.65. The van der Waals surface area contributed by atoms with Gasteiger partial charge in [-0.2, -0.15) is 0 Å². The number of nitrogens with zero attached hydrogens (tertiary/aromatic N) is 6. The molecule has 0 radical (unpaired) electrons. The van der Waals surface area contributed by atoms with Gasteiger partial charge in [0.25, 0.3) is 0 Å². The molecule has 2 heterocycles.